The molecule has 0 unspecified atom stereocenters. The van der Waals surface area contributed by atoms with Crippen LogP contribution >= 0.6 is 11.3 Å². The Labute approximate surface area is 243 Å². The summed E-state index contributed by atoms with van der Waals surface area (Å²) in [5, 5.41) is 16.3. The van der Waals surface area contributed by atoms with E-state index in [0.29, 0.717) is 19.3 Å². The molecule has 0 radical (unpaired) electrons. The van der Waals surface area contributed by atoms with Crippen LogP contribution in [0.3, 0.4) is 0 Å². The zero-order valence-electron chi connectivity index (χ0n) is 24.2. The third-order valence-corrected chi connectivity index (χ3v) is 9.79. The first kappa shape index (κ1) is 29.2. The normalized spacial score (nSPS) is 27.3. The summed E-state index contributed by atoms with van der Waals surface area (Å²) in [6.07, 6.45) is 0.536. The largest absolute Gasteiger partial charge is 0.469 e. The van der Waals surface area contributed by atoms with Crippen molar-refractivity contribution in [3.8, 4) is 10.4 Å². The van der Waals surface area contributed by atoms with E-state index >= 15 is 0 Å². The Kier molecular flexibility index (Phi) is 7.48. The minimum Gasteiger partial charge on any atom is -0.469 e. The number of hydrogen-bond acceptors (Lipinski definition) is 8. The van der Waals surface area contributed by atoms with Gasteiger partial charge in [0.2, 0.25) is 17.7 Å². The van der Waals surface area contributed by atoms with Gasteiger partial charge in [0.15, 0.2) is 0 Å². The number of amides is 3. The van der Waals surface area contributed by atoms with Crippen LogP contribution in [0.15, 0.2) is 29.8 Å². The number of aromatic nitrogens is 1. The summed E-state index contributed by atoms with van der Waals surface area (Å²) in [7, 11) is 1.35. The summed E-state index contributed by atoms with van der Waals surface area (Å²) in [5.74, 6) is -1.30. The first-order valence-electron chi connectivity index (χ1n) is 13.9. The predicted molar refractivity (Wildman–Crippen MR) is 152 cm³/mol. The van der Waals surface area contributed by atoms with Crippen LogP contribution in [0.25, 0.3) is 10.4 Å². The highest BCUT2D eigenvalue weighted by Crippen LogP contribution is 2.73. The van der Waals surface area contributed by atoms with Gasteiger partial charge in [-0.05, 0) is 42.7 Å². The molecule has 2 aromatic rings. The first-order valence-corrected chi connectivity index (χ1v) is 14.8. The average molecular weight is 583 g/mol. The summed E-state index contributed by atoms with van der Waals surface area (Å²) >= 11 is 1.58. The number of aliphatic hydroxyl groups is 1. The highest BCUT2D eigenvalue weighted by atomic mass is 32.1. The summed E-state index contributed by atoms with van der Waals surface area (Å²) in [4.78, 5) is 59.3. The van der Waals surface area contributed by atoms with Gasteiger partial charge in [-0.1, -0.05) is 45.0 Å². The van der Waals surface area contributed by atoms with Crippen LogP contribution in [-0.4, -0.2) is 70.5 Å². The second-order valence-corrected chi connectivity index (χ2v) is 13.8. The van der Waals surface area contributed by atoms with Gasteiger partial charge in [-0.25, -0.2) is 4.98 Å². The van der Waals surface area contributed by atoms with Gasteiger partial charge >= 0.3 is 5.97 Å². The number of carbonyl (C=O) groups is 4. The number of aryl methyl sites for hydroxylation is 1. The highest BCUT2D eigenvalue weighted by molar-refractivity contribution is 7.13. The number of carbonyl (C=O) groups excluding carboxylic acids is 4. The van der Waals surface area contributed by atoms with E-state index in [-0.39, 0.29) is 37.3 Å². The molecule has 2 heterocycles. The number of β-amino-alcohol motifs (C(OH)–C–C–N with tert-alkyl or cyclic N) is 1. The van der Waals surface area contributed by atoms with Gasteiger partial charge < -0.3 is 25.4 Å². The standard InChI is InChI=1S/C30H38N4O6S/c1-17-22(41-16-32-17)19-8-6-18(7-9-19)11-31-24(36)21-10-20(35)12-34(21)25(37)23(28(2,3)4)33-26(38)29-13-30(14-29,15-29)27(39)40-5/h6-9,16,20-21,23,35H,10-15H2,1-5H3,(H,31,36)(H,33,38)/t20-,21+,23-,29?,30?/m1/s1. The van der Waals surface area contributed by atoms with Gasteiger partial charge in [-0.2, -0.15) is 0 Å². The number of benzene rings is 1. The molecule has 1 aromatic heterocycles. The fraction of sp³-hybridized carbons (Fsp3) is 0.567. The first-order chi connectivity index (χ1) is 19.3. The fourth-order valence-electron chi connectivity index (χ4n) is 6.53. The molecular weight excluding hydrogens is 544 g/mol. The molecule has 10 nitrogen and oxygen atoms in total. The lowest BCUT2D eigenvalue weighted by Crippen LogP contribution is -2.72. The van der Waals surface area contributed by atoms with Crippen molar-refractivity contribution in [3.05, 3.63) is 41.0 Å². The third kappa shape index (κ3) is 5.25. The van der Waals surface area contributed by atoms with Crippen molar-refractivity contribution in [1.29, 1.82) is 0 Å². The van der Waals surface area contributed by atoms with Crippen molar-refractivity contribution in [2.45, 2.75) is 78.1 Å². The van der Waals surface area contributed by atoms with Gasteiger partial charge in [0.1, 0.15) is 12.1 Å². The van der Waals surface area contributed by atoms with Gasteiger partial charge in [0.25, 0.3) is 0 Å². The predicted octanol–water partition coefficient (Wildman–Crippen LogP) is 2.57. The molecule has 0 spiro atoms. The quantitative estimate of drug-likeness (QED) is 0.407. The topological polar surface area (TPSA) is 138 Å². The molecule has 6 rings (SSSR count). The van der Waals surface area contributed by atoms with Crippen molar-refractivity contribution >= 4 is 35.0 Å². The Hall–Kier alpha value is -3.31. The summed E-state index contributed by atoms with van der Waals surface area (Å²) in [6.45, 7) is 7.82. The molecule has 2 bridgehead atoms. The van der Waals surface area contributed by atoms with Gasteiger partial charge in [-0.15, -0.1) is 11.3 Å². The molecule has 1 saturated heterocycles. The monoisotopic (exact) mass is 582 g/mol. The lowest BCUT2D eigenvalue weighted by atomic mass is 9.35. The van der Waals surface area contributed by atoms with Crippen LogP contribution < -0.4 is 10.6 Å². The fourth-order valence-corrected chi connectivity index (χ4v) is 7.34. The van der Waals surface area contributed by atoms with Crippen LogP contribution in [0, 0.1) is 23.2 Å². The lowest BCUT2D eigenvalue weighted by Gasteiger charge is -2.67. The molecule has 1 aromatic carbocycles. The number of nitrogens with zero attached hydrogens (tertiary/aromatic N) is 2. The number of methoxy groups -OCH3 is 1. The number of esters is 1. The van der Waals surface area contributed by atoms with E-state index in [0.717, 1.165) is 21.7 Å². The van der Waals surface area contributed by atoms with Crippen molar-refractivity contribution in [2.75, 3.05) is 13.7 Å². The van der Waals surface area contributed by atoms with Crippen molar-refractivity contribution in [2.24, 2.45) is 16.2 Å². The van der Waals surface area contributed by atoms with Crippen molar-refractivity contribution in [1.82, 2.24) is 20.5 Å². The second-order valence-electron chi connectivity index (χ2n) is 12.9. The van der Waals surface area contributed by atoms with Crippen molar-refractivity contribution in [3.63, 3.8) is 0 Å². The molecule has 3 atom stereocenters. The van der Waals surface area contributed by atoms with Crippen LogP contribution in [-0.2, 0) is 30.5 Å². The minimum atomic E-state index is -0.901. The van der Waals surface area contributed by atoms with Crippen LogP contribution in [0.1, 0.15) is 57.7 Å². The third-order valence-electron chi connectivity index (χ3n) is 8.81. The Morgan fingerprint density at radius 2 is 1.80 bits per heavy atom. The van der Waals surface area contributed by atoms with E-state index in [9.17, 15) is 24.3 Å². The molecule has 3 N–H and O–H groups in total. The number of rotatable bonds is 8. The number of thiazole rings is 1. The van der Waals surface area contributed by atoms with Gasteiger partial charge in [0, 0.05) is 19.5 Å². The van der Waals surface area contributed by atoms with E-state index in [1.807, 2.05) is 57.5 Å². The van der Waals surface area contributed by atoms with E-state index in [1.165, 1.54) is 12.0 Å². The molecule has 3 amide bonds. The van der Waals surface area contributed by atoms with Gasteiger partial charge in [0.05, 0.1) is 40.1 Å². The van der Waals surface area contributed by atoms with Crippen LogP contribution in [0.2, 0.25) is 0 Å². The maximum absolute atomic E-state index is 13.8. The second kappa shape index (κ2) is 10.5. The molecule has 220 valence electrons. The molecular formula is C30H38N4O6S. The minimum absolute atomic E-state index is 0.0128. The van der Waals surface area contributed by atoms with Crippen LogP contribution in [0.5, 0.6) is 0 Å². The average Bonchev–Trinajstić information content (AvgIpc) is 3.48. The van der Waals surface area contributed by atoms with E-state index in [2.05, 4.69) is 15.6 Å². The summed E-state index contributed by atoms with van der Waals surface area (Å²) in [5.41, 5.74) is 2.87. The molecule has 41 heavy (non-hydrogen) atoms. The molecule has 4 fully saturated rings. The van der Waals surface area contributed by atoms with Crippen molar-refractivity contribution < 1.29 is 29.0 Å². The van der Waals surface area contributed by atoms with E-state index < -0.39 is 40.3 Å². The molecule has 4 aliphatic rings. The van der Waals surface area contributed by atoms with Crippen LogP contribution in [0.4, 0.5) is 0 Å². The zero-order chi connectivity index (χ0) is 29.7. The maximum Gasteiger partial charge on any atom is 0.311 e. The maximum atomic E-state index is 13.8. The summed E-state index contributed by atoms with van der Waals surface area (Å²) in [6, 6.07) is 6.13. The highest BCUT2D eigenvalue weighted by Gasteiger charge is 2.75. The summed E-state index contributed by atoms with van der Waals surface area (Å²) < 4.78 is 4.88. The Bertz CT molecular complexity index is 1340. The number of hydrogen-bond donors (Lipinski definition) is 3. The van der Waals surface area contributed by atoms with E-state index in [1.54, 1.807) is 11.3 Å². The molecule has 3 saturated carbocycles. The molecule has 3 aliphatic carbocycles. The van der Waals surface area contributed by atoms with E-state index in [4.69, 9.17) is 4.74 Å². The van der Waals surface area contributed by atoms with Gasteiger partial charge in [-0.3, -0.25) is 19.2 Å². The number of ether oxygens (including phenoxy) is 1. The lowest BCUT2D eigenvalue weighted by molar-refractivity contribution is -0.223. The number of likely N-dealkylation sites (tertiary alicyclic amines) is 1. The Morgan fingerprint density at radius 1 is 1.15 bits per heavy atom. The zero-order valence-corrected chi connectivity index (χ0v) is 25.0. The SMILES string of the molecule is COC(=O)C12CC(C(=O)N[C@H](C(=O)N3C[C@H](O)C[C@H]3C(=O)NCc3ccc(-c4scnc4C)cc3)C(C)(C)C)(C1)C2. The Balaban J connectivity index is 1.22. The number of aliphatic hydroxyl groups excluding tert-OH is 1. The smallest absolute Gasteiger partial charge is 0.311 e. The Morgan fingerprint density at radius 3 is 2.37 bits per heavy atom. The number of nitrogens with one attached hydrogen (secondary N) is 2. The molecule has 11 heteroatoms. The molecule has 1 aliphatic heterocycles.